The van der Waals surface area contributed by atoms with Gasteiger partial charge in [0.1, 0.15) is 17.2 Å². The summed E-state index contributed by atoms with van der Waals surface area (Å²) in [5.41, 5.74) is 0.928. The fourth-order valence-electron chi connectivity index (χ4n) is 2.60. The third-order valence-electron chi connectivity index (χ3n) is 3.67. The van der Waals surface area contributed by atoms with Crippen molar-refractivity contribution in [2.24, 2.45) is 0 Å². The van der Waals surface area contributed by atoms with Crippen LogP contribution in [-0.4, -0.2) is 33.3 Å². The zero-order valence-electron chi connectivity index (χ0n) is 14.3. The molecule has 2 aromatic rings. The van der Waals surface area contributed by atoms with Crippen molar-refractivity contribution in [2.45, 2.75) is 6.42 Å². The molecule has 0 unspecified atom stereocenters. The summed E-state index contributed by atoms with van der Waals surface area (Å²) >= 11 is 5.98. The molecule has 0 aromatic heterocycles. The lowest BCUT2D eigenvalue weighted by Crippen LogP contribution is -2.29. The topological polar surface area (TPSA) is 133 Å². The number of anilines is 1. The molecule has 3 N–H and O–H groups in total. The first-order valence-corrected chi connectivity index (χ1v) is 11.3. The predicted molar refractivity (Wildman–Crippen MR) is 103 cm³/mol. The van der Waals surface area contributed by atoms with E-state index in [0.717, 1.165) is 12.5 Å². The van der Waals surface area contributed by atoms with Crippen LogP contribution in [0.5, 0.6) is 11.5 Å². The molecule has 0 saturated carbocycles. The molecular weight excluding hydrogens is 432 g/mol. The number of hydrogen-bond donors (Lipinski definition) is 3. The molecule has 0 radical (unpaired) electrons. The number of phenols is 1. The molecule has 150 valence electrons. The molecule has 0 saturated heterocycles. The summed E-state index contributed by atoms with van der Waals surface area (Å²) in [5.74, 6) is -0.846. The first kappa shape index (κ1) is 20.1. The van der Waals surface area contributed by atoms with Gasteiger partial charge < -0.3 is 14.4 Å². The number of aromatic hydroxyl groups is 1. The number of aliphatic hydroxyl groups excluding tert-OH is 1. The van der Waals surface area contributed by atoms with Crippen LogP contribution in [0.25, 0.3) is 0 Å². The summed E-state index contributed by atoms with van der Waals surface area (Å²) in [4.78, 5) is 0. The Kier molecular flexibility index (Phi) is 5.08. The van der Waals surface area contributed by atoms with Gasteiger partial charge in [0.05, 0.1) is 12.5 Å². The van der Waals surface area contributed by atoms with Crippen LogP contribution >= 0.6 is 11.6 Å². The Labute approximate surface area is 166 Å². The molecule has 2 aromatic carbocycles. The van der Waals surface area contributed by atoms with Gasteiger partial charge in [0, 0.05) is 17.0 Å². The third-order valence-corrected chi connectivity index (χ3v) is 5.67. The van der Waals surface area contributed by atoms with Crippen LogP contribution in [0.4, 0.5) is 5.69 Å². The zero-order valence-corrected chi connectivity index (χ0v) is 16.7. The Balaban J connectivity index is 1.93. The van der Waals surface area contributed by atoms with Crippen LogP contribution in [0, 0.1) is 0 Å². The van der Waals surface area contributed by atoms with Crippen molar-refractivity contribution in [2.75, 3.05) is 10.6 Å². The fraction of sp³-hybridized carbons (Fsp3) is 0.125. The maximum atomic E-state index is 11.9. The van der Waals surface area contributed by atoms with Gasteiger partial charge in [0.25, 0.3) is 0 Å². The van der Waals surface area contributed by atoms with Crippen molar-refractivity contribution in [1.29, 1.82) is 0 Å². The average Bonchev–Trinajstić information content (AvgIpc) is 2.81. The maximum absolute atomic E-state index is 11.9. The smallest absolute Gasteiger partial charge is 0.330 e. The standard InChI is InChI=1S/C16H15ClN2O7S2/c1-27(22,23)26-15-5-3-12(17)8-11(15)6-10-2-4-13(14(20)7-10)19-9-16(21)18-28(19,24)25/h2-5,7-9,18,20-21H,6H2,1H3. The molecule has 3 rings (SSSR count). The number of hydrogen-bond acceptors (Lipinski definition) is 7. The summed E-state index contributed by atoms with van der Waals surface area (Å²) in [6.45, 7) is 0. The molecule has 9 nitrogen and oxygen atoms in total. The summed E-state index contributed by atoms with van der Waals surface area (Å²) in [6, 6.07) is 8.64. The molecule has 1 aliphatic rings. The van der Waals surface area contributed by atoms with Gasteiger partial charge >= 0.3 is 20.3 Å². The first-order valence-electron chi connectivity index (χ1n) is 7.67. The second-order valence-electron chi connectivity index (χ2n) is 5.96. The minimum absolute atomic E-state index is 0.0704. The van der Waals surface area contributed by atoms with Gasteiger partial charge in [0.2, 0.25) is 5.88 Å². The van der Waals surface area contributed by atoms with Crippen LogP contribution in [0.1, 0.15) is 11.1 Å². The van der Waals surface area contributed by atoms with E-state index in [2.05, 4.69) is 0 Å². The normalized spacial score (nSPS) is 15.8. The van der Waals surface area contributed by atoms with Crippen molar-refractivity contribution in [3.63, 3.8) is 0 Å². The molecule has 28 heavy (non-hydrogen) atoms. The van der Waals surface area contributed by atoms with Crippen molar-refractivity contribution in [1.82, 2.24) is 4.72 Å². The highest BCUT2D eigenvalue weighted by atomic mass is 35.5. The van der Waals surface area contributed by atoms with E-state index in [1.807, 2.05) is 4.72 Å². The Hall–Kier alpha value is -2.63. The minimum Gasteiger partial charge on any atom is -0.506 e. The van der Waals surface area contributed by atoms with Crippen LogP contribution in [0.2, 0.25) is 5.02 Å². The van der Waals surface area contributed by atoms with E-state index in [1.165, 1.54) is 30.3 Å². The number of phenolic OH excluding ortho intramolecular Hbond substituents is 1. The molecule has 0 spiro atoms. The largest absolute Gasteiger partial charge is 0.506 e. The average molecular weight is 447 g/mol. The number of nitrogens with one attached hydrogen (secondary N) is 1. The van der Waals surface area contributed by atoms with Gasteiger partial charge in [0.15, 0.2) is 0 Å². The lowest BCUT2D eigenvalue weighted by Gasteiger charge is -2.16. The van der Waals surface area contributed by atoms with Crippen LogP contribution in [0.15, 0.2) is 48.5 Å². The van der Waals surface area contributed by atoms with E-state index < -0.39 is 26.2 Å². The quantitative estimate of drug-likeness (QED) is 0.598. The molecule has 0 bridgehead atoms. The third kappa shape index (κ3) is 4.43. The number of halogens is 1. The second kappa shape index (κ2) is 7.08. The van der Waals surface area contributed by atoms with Gasteiger partial charge in [-0.2, -0.15) is 16.8 Å². The maximum Gasteiger partial charge on any atom is 0.330 e. The lowest BCUT2D eigenvalue weighted by atomic mass is 10.0. The van der Waals surface area contributed by atoms with Crippen molar-refractivity contribution in [3.05, 3.63) is 64.6 Å². The predicted octanol–water partition coefficient (Wildman–Crippen LogP) is 1.99. The second-order valence-corrected chi connectivity index (χ2v) is 9.52. The van der Waals surface area contributed by atoms with Gasteiger partial charge in [-0.1, -0.05) is 17.7 Å². The number of aliphatic hydroxyl groups is 1. The van der Waals surface area contributed by atoms with E-state index in [0.29, 0.717) is 20.5 Å². The Morgan fingerprint density at radius 3 is 2.46 bits per heavy atom. The van der Waals surface area contributed by atoms with Crippen molar-refractivity contribution in [3.8, 4) is 11.5 Å². The molecule has 12 heteroatoms. The Bertz CT molecular complexity index is 1180. The van der Waals surface area contributed by atoms with E-state index in [4.69, 9.17) is 15.8 Å². The van der Waals surface area contributed by atoms with Gasteiger partial charge in [-0.25, -0.2) is 9.03 Å². The van der Waals surface area contributed by atoms with Crippen molar-refractivity contribution < 1.29 is 31.2 Å². The highest BCUT2D eigenvalue weighted by Crippen LogP contribution is 2.34. The van der Waals surface area contributed by atoms with E-state index >= 15 is 0 Å². The molecular formula is C16H15ClN2O7S2. The molecule has 0 atom stereocenters. The summed E-state index contributed by atoms with van der Waals surface area (Å²) < 4.78 is 54.2. The SMILES string of the molecule is CS(=O)(=O)Oc1ccc(Cl)cc1Cc1ccc(N2C=C(O)NS2(=O)=O)c(O)c1. The number of rotatable bonds is 5. The van der Waals surface area contributed by atoms with E-state index in [1.54, 1.807) is 6.07 Å². The van der Waals surface area contributed by atoms with Gasteiger partial charge in [-0.3, -0.25) is 0 Å². The monoisotopic (exact) mass is 446 g/mol. The highest BCUT2D eigenvalue weighted by molar-refractivity contribution is 7.91. The van der Waals surface area contributed by atoms with E-state index in [9.17, 15) is 27.0 Å². The number of nitrogens with zero attached hydrogens (tertiary/aromatic N) is 1. The van der Waals surface area contributed by atoms with Crippen LogP contribution in [0.3, 0.4) is 0 Å². The van der Waals surface area contributed by atoms with E-state index in [-0.39, 0.29) is 23.6 Å². The summed E-state index contributed by atoms with van der Waals surface area (Å²) in [6.07, 6.45) is 1.99. The fourth-order valence-corrected chi connectivity index (χ4v) is 4.35. The summed E-state index contributed by atoms with van der Waals surface area (Å²) in [5, 5.41) is 20.0. The zero-order chi connectivity index (χ0) is 20.7. The van der Waals surface area contributed by atoms with Gasteiger partial charge in [-0.15, -0.1) is 0 Å². The first-order chi connectivity index (χ1) is 12.9. The minimum atomic E-state index is -4.04. The Morgan fingerprint density at radius 1 is 1.18 bits per heavy atom. The Morgan fingerprint density at radius 2 is 1.89 bits per heavy atom. The van der Waals surface area contributed by atoms with Gasteiger partial charge in [-0.05, 0) is 35.9 Å². The molecule has 0 amide bonds. The van der Waals surface area contributed by atoms with Crippen LogP contribution in [-0.2, 0) is 26.7 Å². The van der Waals surface area contributed by atoms with Crippen LogP contribution < -0.4 is 13.2 Å². The van der Waals surface area contributed by atoms with Crippen molar-refractivity contribution >= 4 is 37.6 Å². The highest BCUT2D eigenvalue weighted by Gasteiger charge is 2.30. The molecule has 0 fully saturated rings. The lowest BCUT2D eigenvalue weighted by molar-refractivity contribution is 0.392. The summed E-state index contributed by atoms with van der Waals surface area (Å²) in [7, 11) is -7.79. The molecule has 1 heterocycles. The number of benzene rings is 2. The molecule has 1 aliphatic heterocycles. The molecule has 0 aliphatic carbocycles.